The monoisotopic (exact) mass is 356 g/mol. The van der Waals surface area contributed by atoms with E-state index < -0.39 is 0 Å². The molecule has 2 rings (SSSR count). The van der Waals surface area contributed by atoms with Crippen molar-refractivity contribution in [3.05, 3.63) is 34.9 Å². The Bertz CT molecular complexity index is 395. The van der Waals surface area contributed by atoms with Gasteiger partial charge >= 0.3 is 0 Å². The zero-order valence-corrected chi connectivity index (χ0v) is 17.6. The topological polar surface area (TPSA) is 32.3 Å². The highest BCUT2D eigenvalue weighted by atomic mass is 35.5. The summed E-state index contributed by atoms with van der Waals surface area (Å²) in [5, 5.41) is 4.17. The van der Waals surface area contributed by atoms with Crippen LogP contribution in [-0.4, -0.2) is 42.9 Å². The lowest BCUT2D eigenvalue weighted by molar-refractivity contribution is -0.116. The van der Waals surface area contributed by atoms with Crippen molar-refractivity contribution in [2.24, 2.45) is 0 Å². The average Bonchev–Trinajstić information content (AvgIpc) is 2.52. The molecule has 140 valence electrons. The number of carbonyl (C=O) groups excluding carboxylic acids is 1. The van der Waals surface area contributed by atoms with E-state index in [9.17, 15) is 4.79 Å². The third-order valence-electron chi connectivity index (χ3n) is 3.11. The van der Waals surface area contributed by atoms with E-state index in [4.69, 9.17) is 11.6 Å². The van der Waals surface area contributed by atoms with Gasteiger partial charge in [-0.15, -0.1) is 0 Å². The minimum atomic E-state index is 0.173. The van der Waals surface area contributed by atoms with Crippen molar-refractivity contribution in [1.29, 1.82) is 0 Å². The summed E-state index contributed by atoms with van der Waals surface area (Å²) in [5.74, 6) is 0.173. The van der Waals surface area contributed by atoms with Crippen LogP contribution in [0.3, 0.4) is 0 Å². The number of likely N-dealkylation sites (N-methyl/N-ethyl adjacent to an activating group) is 1. The molecule has 1 aliphatic heterocycles. The van der Waals surface area contributed by atoms with Gasteiger partial charge in [0.05, 0.1) is 0 Å². The van der Waals surface area contributed by atoms with Gasteiger partial charge in [-0.25, -0.2) is 0 Å². The van der Waals surface area contributed by atoms with Crippen LogP contribution >= 0.6 is 11.6 Å². The molecule has 0 aromatic heterocycles. The molecule has 1 aromatic carbocycles. The minimum Gasteiger partial charge on any atom is -0.309 e. The molecule has 4 heteroatoms. The smallest absolute Gasteiger partial charge is 0.134 e. The van der Waals surface area contributed by atoms with Gasteiger partial charge in [-0.05, 0) is 45.5 Å². The van der Waals surface area contributed by atoms with Crippen LogP contribution in [0.4, 0.5) is 0 Å². The second-order valence-electron chi connectivity index (χ2n) is 5.70. The predicted octanol–water partition coefficient (Wildman–Crippen LogP) is 4.82. The molecule has 1 aromatic rings. The van der Waals surface area contributed by atoms with Crippen LogP contribution in [0.1, 0.15) is 54.0 Å². The highest BCUT2D eigenvalue weighted by Gasteiger charge is 2.16. The van der Waals surface area contributed by atoms with Crippen LogP contribution in [-0.2, 0) is 11.2 Å². The molecule has 0 saturated carbocycles. The number of nitrogens with zero attached hydrogens (tertiary/aromatic N) is 1. The average molecular weight is 357 g/mol. The second-order valence-corrected chi connectivity index (χ2v) is 6.13. The summed E-state index contributed by atoms with van der Waals surface area (Å²) >= 11 is 5.66. The van der Waals surface area contributed by atoms with Crippen molar-refractivity contribution in [2.45, 2.75) is 67.0 Å². The highest BCUT2D eigenvalue weighted by molar-refractivity contribution is 6.30. The summed E-state index contributed by atoms with van der Waals surface area (Å²) in [4.78, 5) is 13.0. The maximum absolute atomic E-state index is 10.7. The van der Waals surface area contributed by atoms with Gasteiger partial charge in [0, 0.05) is 36.6 Å². The van der Waals surface area contributed by atoms with Crippen LogP contribution in [0.2, 0.25) is 5.02 Å². The first-order valence-corrected chi connectivity index (χ1v) is 9.43. The number of hydrogen-bond donors (Lipinski definition) is 1. The fourth-order valence-corrected chi connectivity index (χ4v) is 2.62. The Hall–Kier alpha value is -0.900. The molecule has 0 bridgehead atoms. The van der Waals surface area contributed by atoms with E-state index in [1.165, 1.54) is 13.1 Å². The van der Waals surface area contributed by atoms with Gasteiger partial charge in [-0.1, -0.05) is 51.4 Å². The Labute approximate surface area is 154 Å². The number of hydrogen-bond acceptors (Lipinski definition) is 3. The van der Waals surface area contributed by atoms with E-state index in [1.54, 1.807) is 19.1 Å². The van der Waals surface area contributed by atoms with Gasteiger partial charge in [0.2, 0.25) is 0 Å². The Morgan fingerprint density at radius 1 is 1.08 bits per heavy atom. The van der Waals surface area contributed by atoms with Gasteiger partial charge in [0.25, 0.3) is 0 Å². The van der Waals surface area contributed by atoms with Crippen LogP contribution in [0, 0.1) is 0 Å². The molecule has 3 nitrogen and oxygen atoms in total. The highest BCUT2D eigenvalue weighted by Crippen LogP contribution is 2.09. The molecule has 1 saturated heterocycles. The molecule has 24 heavy (non-hydrogen) atoms. The third kappa shape index (κ3) is 13.5. The summed E-state index contributed by atoms with van der Waals surface area (Å²) in [7, 11) is 2.17. The third-order valence-corrected chi connectivity index (χ3v) is 3.36. The summed E-state index contributed by atoms with van der Waals surface area (Å²) in [6.45, 7) is 16.4. The fourth-order valence-electron chi connectivity index (χ4n) is 2.49. The van der Waals surface area contributed by atoms with E-state index >= 15 is 0 Å². The number of ketones is 1. The lowest BCUT2D eigenvalue weighted by Gasteiger charge is -2.33. The molecule has 0 amide bonds. The quantitative estimate of drug-likeness (QED) is 0.824. The first-order valence-electron chi connectivity index (χ1n) is 9.05. The largest absolute Gasteiger partial charge is 0.309 e. The number of benzene rings is 1. The van der Waals surface area contributed by atoms with E-state index in [1.807, 2.05) is 39.8 Å². The molecule has 2 atom stereocenters. The Morgan fingerprint density at radius 2 is 1.50 bits per heavy atom. The number of nitrogens with one attached hydrogen (secondary N) is 1. The van der Waals surface area contributed by atoms with E-state index in [0.717, 1.165) is 5.56 Å². The zero-order chi connectivity index (χ0) is 19.1. The maximum Gasteiger partial charge on any atom is 0.134 e. The molecule has 0 aliphatic carbocycles. The molecular formula is C20H37ClN2O. The first kappa shape index (κ1) is 25.3. The van der Waals surface area contributed by atoms with E-state index in [2.05, 4.69) is 31.1 Å². The predicted molar refractivity (Wildman–Crippen MR) is 108 cm³/mol. The van der Waals surface area contributed by atoms with Crippen LogP contribution in [0.15, 0.2) is 24.3 Å². The molecule has 1 N–H and O–H groups in total. The SMILES string of the molecule is CC.CC.CC(=O)Cc1ccc(Cl)cc1.CC1CN(C)CC(C)N1. The Morgan fingerprint density at radius 3 is 1.83 bits per heavy atom. The van der Waals surface area contributed by atoms with Crippen LogP contribution in [0.25, 0.3) is 0 Å². The molecule has 0 spiro atoms. The number of carbonyl (C=O) groups is 1. The van der Waals surface area contributed by atoms with Gasteiger partial charge in [-0.2, -0.15) is 0 Å². The number of Topliss-reactive ketones (excluding diaryl/α,β-unsaturated/α-hetero) is 1. The van der Waals surface area contributed by atoms with Gasteiger partial charge in [0.15, 0.2) is 0 Å². The number of piperazine rings is 1. The summed E-state index contributed by atoms with van der Waals surface area (Å²) in [6.07, 6.45) is 0.497. The number of halogens is 1. The summed E-state index contributed by atoms with van der Waals surface area (Å²) in [6, 6.07) is 8.64. The lowest BCUT2D eigenvalue weighted by Crippen LogP contribution is -2.52. The van der Waals surface area contributed by atoms with Crippen LogP contribution in [0.5, 0.6) is 0 Å². The Balaban J connectivity index is 0. The molecule has 1 heterocycles. The summed E-state index contributed by atoms with van der Waals surface area (Å²) in [5.41, 5.74) is 1.02. The van der Waals surface area contributed by atoms with Crippen molar-refractivity contribution in [2.75, 3.05) is 20.1 Å². The normalized spacial score (nSPS) is 19.5. The van der Waals surface area contributed by atoms with Gasteiger partial charge < -0.3 is 10.2 Å². The van der Waals surface area contributed by atoms with E-state index in [-0.39, 0.29) is 5.78 Å². The maximum atomic E-state index is 10.7. The summed E-state index contributed by atoms with van der Waals surface area (Å²) < 4.78 is 0. The van der Waals surface area contributed by atoms with Gasteiger partial charge in [-0.3, -0.25) is 4.79 Å². The van der Waals surface area contributed by atoms with Crippen molar-refractivity contribution >= 4 is 17.4 Å². The van der Waals surface area contributed by atoms with Crippen molar-refractivity contribution < 1.29 is 4.79 Å². The van der Waals surface area contributed by atoms with Crippen molar-refractivity contribution in [1.82, 2.24) is 10.2 Å². The first-order chi connectivity index (χ1) is 11.4. The molecule has 1 aliphatic rings. The minimum absolute atomic E-state index is 0.173. The van der Waals surface area contributed by atoms with Crippen molar-refractivity contribution in [3.63, 3.8) is 0 Å². The lowest BCUT2D eigenvalue weighted by atomic mass is 10.1. The molecular weight excluding hydrogens is 320 g/mol. The van der Waals surface area contributed by atoms with Crippen LogP contribution < -0.4 is 5.32 Å². The Kier molecular flexibility index (Phi) is 16.5. The van der Waals surface area contributed by atoms with Crippen molar-refractivity contribution in [3.8, 4) is 0 Å². The molecule has 0 radical (unpaired) electrons. The second kappa shape index (κ2) is 15.6. The zero-order valence-electron chi connectivity index (χ0n) is 16.8. The number of rotatable bonds is 2. The van der Waals surface area contributed by atoms with E-state index in [0.29, 0.717) is 23.5 Å². The molecule has 1 fully saturated rings. The molecule has 2 unspecified atom stereocenters. The fraction of sp³-hybridized carbons (Fsp3) is 0.650. The standard InChI is InChI=1S/C9H9ClO.C7H16N2.2C2H6/c1-7(11)6-8-2-4-9(10)5-3-8;1-6-4-9(3)5-7(2)8-6;2*1-2/h2-5H,6H2,1H3;6-8H,4-5H2,1-3H3;2*1-2H3. The van der Waals surface area contributed by atoms with Gasteiger partial charge in [0.1, 0.15) is 5.78 Å².